The number of phenols is 1. The standard InChI is InChI=1S/C21H25FN4O.HI/c1-3-23-21(26-12-15-7-8-19(27)18(22)11-15)24-10-9-16-13-25-20-14(2)5-4-6-17(16)20;/h4-8,11,13,25,27H,3,9-10,12H2,1-2H3,(H2,23,24,26);1H. The summed E-state index contributed by atoms with van der Waals surface area (Å²) in [6.45, 7) is 5.90. The van der Waals surface area contributed by atoms with Crippen LogP contribution in [0.25, 0.3) is 10.9 Å². The van der Waals surface area contributed by atoms with Crippen LogP contribution in [0, 0.1) is 12.7 Å². The number of hydrogen-bond donors (Lipinski definition) is 4. The number of benzene rings is 2. The Morgan fingerprint density at radius 2 is 2.04 bits per heavy atom. The van der Waals surface area contributed by atoms with Crippen molar-refractivity contribution in [3.8, 4) is 5.75 Å². The van der Waals surface area contributed by atoms with Crippen LogP contribution in [0.4, 0.5) is 4.39 Å². The Kier molecular flexibility index (Phi) is 8.10. The zero-order valence-corrected chi connectivity index (χ0v) is 18.4. The fourth-order valence-electron chi connectivity index (χ4n) is 3.05. The van der Waals surface area contributed by atoms with Gasteiger partial charge in [-0.15, -0.1) is 24.0 Å². The molecule has 0 aliphatic carbocycles. The van der Waals surface area contributed by atoms with Crippen molar-refractivity contribution in [3.63, 3.8) is 0 Å². The molecule has 4 N–H and O–H groups in total. The number of aromatic hydroxyl groups is 1. The molecule has 0 fully saturated rings. The fourth-order valence-corrected chi connectivity index (χ4v) is 3.05. The van der Waals surface area contributed by atoms with Gasteiger partial charge >= 0.3 is 0 Å². The van der Waals surface area contributed by atoms with E-state index in [1.165, 1.54) is 34.2 Å². The lowest BCUT2D eigenvalue weighted by molar-refractivity contribution is 0.432. The number of rotatable bonds is 6. The van der Waals surface area contributed by atoms with Gasteiger partial charge in [0, 0.05) is 30.2 Å². The van der Waals surface area contributed by atoms with Crippen LogP contribution < -0.4 is 10.6 Å². The van der Waals surface area contributed by atoms with Crippen LogP contribution in [0.15, 0.2) is 47.6 Å². The largest absolute Gasteiger partial charge is 0.505 e. The van der Waals surface area contributed by atoms with Gasteiger partial charge in [0.05, 0.1) is 6.54 Å². The van der Waals surface area contributed by atoms with E-state index < -0.39 is 5.82 Å². The van der Waals surface area contributed by atoms with Crippen molar-refractivity contribution >= 4 is 40.8 Å². The minimum atomic E-state index is -0.629. The summed E-state index contributed by atoms with van der Waals surface area (Å²) in [4.78, 5) is 7.83. The Morgan fingerprint density at radius 1 is 1.21 bits per heavy atom. The molecule has 0 aliphatic heterocycles. The first-order valence-corrected chi connectivity index (χ1v) is 9.13. The lowest BCUT2D eigenvalue weighted by atomic mass is 10.1. The number of aromatic nitrogens is 1. The maximum atomic E-state index is 13.4. The van der Waals surface area contributed by atoms with Crippen LogP contribution in [0.5, 0.6) is 5.75 Å². The predicted molar refractivity (Wildman–Crippen MR) is 123 cm³/mol. The molecule has 0 atom stereocenters. The summed E-state index contributed by atoms with van der Waals surface area (Å²) in [7, 11) is 0. The molecule has 0 aliphatic rings. The number of H-pyrrole nitrogens is 1. The first kappa shape index (κ1) is 22.0. The topological polar surface area (TPSA) is 72.4 Å². The average molecular weight is 496 g/mol. The lowest BCUT2D eigenvalue weighted by Gasteiger charge is -2.11. The second kappa shape index (κ2) is 10.3. The second-order valence-electron chi connectivity index (χ2n) is 6.47. The molecule has 7 heteroatoms. The number of hydrogen-bond acceptors (Lipinski definition) is 2. The number of guanidine groups is 1. The molecule has 1 heterocycles. The first-order chi connectivity index (χ1) is 13.1. The second-order valence-corrected chi connectivity index (χ2v) is 6.47. The van der Waals surface area contributed by atoms with Crippen molar-refractivity contribution in [1.82, 2.24) is 15.6 Å². The van der Waals surface area contributed by atoms with Crippen molar-refractivity contribution in [1.29, 1.82) is 0 Å². The lowest BCUT2D eigenvalue weighted by Crippen LogP contribution is -2.38. The third kappa shape index (κ3) is 5.37. The highest BCUT2D eigenvalue weighted by molar-refractivity contribution is 14.0. The van der Waals surface area contributed by atoms with Gasteiger partial charge in [0.25, 0.3) is 0 Å². The maximum absolute atomic E-state index is 13.4. The van der Waals surface area contributed by atoms with Gasteiger partial charge in [-0.05, 0) is 49.1 Å². The number of aliphatic imine (C=N–C) groups is 1. The number of aromatic amines is 1. The number of nitrogens with zero attached hydrogens (tertiary/aromatic N) is 1. The minimum Gasteiger partial charge on any atom is -0.505 e. The molecule has 3 rings (SSSR count). The molecule has 0 unspecified atom stereocenters. The van der Waals surface area contributed by atoms with E-state index in [4.69, 9.17) is 0 Å². The third-order valence-corrected chi connectivity index (χ3v) is 4.47. The molecular weight excluding hydrogens is 470 g/mol. The van der Waals surface area contributed by atoms with Crippen LogP contribution in [-0.2, 0) is 13.0 Å². The fraction of sp³-hybridized carbons (Fsp3) is 0.286. The molecule has 1 aromatic heterocycles. The normalized spacial score (nSPS) is 11.3. The molecule has 150 valence electrons. The molecule has 5 nitrogen and oxygen atoms in total. The van der Waals surface area contributed by atoms with E-state index in [1.54, 1.807) is 6.07 Å². The Labute approximate surface area is 181 Å². The van der Waals surface area contributed by atoms with E-state index in [1.807, 2.05) is 6.92 Å². The van der Waals surface area contributed by atoms with Crippen LogP contribution >= 0.6 is 24.0 Å². The van der Waals surface area contributed by atoms with E-state index in [2.05, 4.69) is 51.9 Å². The number of halogens is 2. The van der Waals surface area contributed by atoms with Crippen molar-refractivity contribution in [3.05, 3.63) is 65.1 Å². The zero-order chi connectivity index (χ0) is 19.2. The Bertz CT molecular complexity index is 955. The summed E-state index contributed by atoms with van der Waals surface area (Å²) in [5.41, 5.74) is 4.39. The Hall–Kier alpha value is -2.29. The van der Waals surface area contributed by atoms with Crippen LogP contribution in [0.1, 0.15) is 23.6 Å². The molecule has 0 saturated heterocycles. The molecule has 0 spiro atoms. The number of aryl methyl sites for hydroxylation is 1. The van der Waals surface area contributed by atoms with Crippen LogP contribution in [0.2, 0.25) is 0 Å². The van der Waals surface area contributed by atoms with Gasteiger partial charge in [-0.3, -0.25) is 0 Å². The SMILES string of the molecule is CCNC(=NCc1ccc(O)c(F)c1)NCCc1c[nH]c2c(C)cccc12.I. The number of fused-ring (bicyclic) bond motifs is 1. The molecule has 0 saturated carbocycles. The van der Waals surface area contributed by atoms with E-state index in [-0.39, 0.29) is 29.7 Å². The van der Waals surface area contributed by atoms with Crippen LogP contribution in [0.3, 0.4) is 0 Å². The molecule has 0 bridgehead atoms. The van der Waals surface area contributed by atoms with Gasteiger partial charge in [-0.2, -0.15) is 0 Å². The quantitative estimate of drug-likeness (QED) is 0.235. The van der Waals surface area contributed by atoms with Gasteiger partial charge in [0.1, 0.15) is 0 Å². The summed E-state index contributed by atoms with van der Waals surface area (Å²) >= 11 is 0. The zero-order valence-electron chi connectivity index (χ0n) is 16.1. The molecule has 3 aromatic rings. The van der Waals surface area contributed by atoms with Gasteiger partial charge in [-0.1, -0.05) is 24.3 Å². The Morgan fingerprint density at radius 3 is 2.79 bits per heavy atom. The molecular formula is C21H26FIN4O. The summed E-state index contributed by atoms with van der Waals surface area (Å²) < 4.78 is 13.4. The number of nitrogens with one attached hydrogen (secondary N) is 3. The third-order valence-electron chi connectivity index (χ3n) is 4.47. The van der Waals surface area contributed by atoms with E-state index >= 15 is 0 Å². The predicted octanol–water partition coefficient (Wildman–Crippen LogP) is 4.24. The van der Waals surface area contributed by atoms with Crippen molar-refractivity contribution < 1.29 is 9.50 Å². The molecule has 2 aromatic carbocycles. The van der Waals surface area contributed by atoms with Crippen molar-refractivity contribution in [2.45, 2.75) is 26.8 Å². The minimum absolute atomic E-state index is 0. The highest BCUT2D eigenvalue weighted by Crippen LogP contribution is 2.21. The monoisotopic (exact) mass is 496 g/mol. The van der Waals surface area contributed by atoms with Crippen molar-refractivity contribution in [2.75, 3.05) is 13.1 Å². The van der Waals surface area contributed by atoms with Gasteiger partial charge in [0.15, 0.2) is 17.5 Å². The van der Waals surface area contributed by atoms with Gasteiger partial charge < -0.3 is 20.7 Å². The van der Waals surface area contributed by atoms with Gasteiger partial charge in [0.2, 0.25) is 0 Å². The smallest absolute Gasteiger partial charge is 0.191 e. The number of para-hydroxylation sites is 1. The molecule has 0 radical (unpaired) electrons. The maximum Gasteiger partial charge on any atom is 0.191 e. The number of phenolic OH excluding ortho intramolecular Hbond substituents is 1. The molecule has 0 amide bonds. The highest BCUT2D eigenvalue weighted by Gasteiger charge is 2.06. The summed E-state index contributed by atoms with van der Waals surface area (Å²) in [5.74, 6) is -0.293. The average Bonchev–Trinajstić information content (AvgIpc) is 3.07. The van der Waals surface area contributed by atoms with Crippen molar-refractivity contribution in [2.24, 2.45) is 4.99 Å². The van der Waals surface area contributed by atoms with E-state index in [0.717, 1.165) is 19.5 Å². The van der Waals surface area contributed by atoms with Gasteiger partial charge in [-0.25, -0.2) is 9.38 Å². The summed E-state index contributed by atoms with van der Waals surface area (Å²) in [5, 5.41) is 17.0. The van der Waals surface area contributed by atoms with Crippen LogP contribution in [-0.4, -0.2) is 29.1 Å². The van der Waals surface area contributed by atoms with E-state index in [0.29, 0.717) is 18.1 Å². The highest BCUT2D eigenvalue weighted by atomic mass is 127. The first-order valence-electron chi connectivity index (χ1n) is 9.13. The summed E-state index contributed by atoms with van der Waals surface area (Å²) in [6.07, 6.45) is 2.92. The molecule has 28 heavy (non-hydrogen) atoms. The van der Waals surface area contributed by atoms with E-state index in [9.17, 15) is 9.50 Å². The Balaban J connectivity index is 0.00000280. The summed E-state index contributed by atoms with van der Waals surface area (Å²) in [6, 6.07) is 10.6.